The van der Waals surface area contributed by atoms with E-state index in [4.69, 9.17) is 0 Å². The lowest BCUT2D eigenvalue weighted by Gasteiger charge is -2.22. The molecule has 30 heavy (non-hydrogen) atoms. The van der Waals surface area contributed by atoms with E-state index in [9.17, 15) is 31.2 Å². The number of alkyl halides is 3. The highest BCUT2D eigenvalue weighted by Gasteiger charge is 2.31. The summed E-state index contributed by atoms with van der Waals surface area (Å²) in [4.78, 5) is 24.3. The van der Waals surface area contributed by atoms with Crippen LogP contribution in [-0.2, 0) is 21.3 Å². The van der Waals surface area contributed by atoms with Gasteiger partial charge in [-0.3, -0.25) is 9.10 Å². The molecule has 11 heteroatoms. The Morgan fingerprint density at radius 3 is 2.17 bits per heavy atom. The van der Waals surface area contributed by atoms with Crippen molar-refractivity contribution in [1.82, 2.24) is 4.57 Å². The summed E-state index contributed by atoms with van der Waals surface area (Å²) >= 11 is 0. The Morgan fingerprint density at radius 2 is 1.70 bits per heavy atom. The van der Waals surface area contributed by atoms with Gasteiger partial charge in [0.25, 0.3) is 0 Å². The summed E-state index contributed by atoms with van der Waals surface area (Å²) in [7, 11) is -2.69. The molecule has 1 heterocycles. The van der Waals surface area contributed by atoms with E-state index in [0.29, 0.717) is 0 Å². The third-order valence-electron chi connectivity index (χ3n) is 4.48. The molecule has 0 aliphatic carbocycles. The first kappa shape index (κ1) is 23.5. The van der Waals surface area contributed by atoms with Gasteiger partial charge in [-0.05, 0) is 44.2 Å². The molecule has 2 rings (SSSR count). The smallest absolute Gasteiger partial charge is 0.406 e. The Labute approximate surface area is 172 Å². The van der Waals surface area contributed by atoms with Gasteiger partial charge >= 0.3 is 12.1 Å². The number of aryl methyl sites for hydroxylation is 1. The molecule has 0 radical (unpaired) electrons. The minimum atomic E-state index is -4.46. The van der Waals surface area contributed by atoms with Gasteiger partial charge in [-0.2, -0.15) is 13.2 Å². The summed E-state index contributed by atoms with van der Waals surface area (Å²) in [6.45, 7) is 0.965. The zero-order valence-electron chi connectivity index (χ0n) is 16.8. The van der Waals surface area contributed by atoms with Crippen LogP contribution in [-0.4, -0.2) is 50.8 Å². The van der Waals surface area contributed by atoms with Crippen LogP contribution in [0, 0.1) is 13.8 Å². The van der Waals surface area contributed by atoms with E-state index in [2.05, 4.69) is 4.74 Å². The lowest BCUT2D eigenvalue weighted by atomic mass is 10.1. The molecular weight excluding hydrogens is 425 g/mol. The molecule has 2 aromatic rings. The van der Waals surface area contributed by atoms with Crippen LogP contribution in [0.15, 0.2) is 30.3 Å². The number of sulfonamides is 1. The van der Waals surface area contributed by atoms with Crippen LogP contribution >= 0.6 is 0 Å². The maximum atomic E-state index is 12.8. The summed E-state index contributed by atoms with van der Waals surface area (Å²) in [5.74, 6) is -1.26. The molecule has 0 saturated heterocycles. The number of methoxy groups -OCH3 is 1. The number of anilines is 1. The Bertz CT molecular complexity index is 1060. The van der Waals surface area contributed by atoms with Crippen LogP contribution in [0.4, 0.5) is 18.9 Å². The van der Waals surface area contributed by atoms with E-state index in [1.165, 1.54) is 51.3 Å². The molecular formula is C19H21F3N2O5S. The minimum absolute atomic E-state index is 0.0107. The number of ketones is 1. The van der Waals surface area contributed by atoms with Crippen molar-refractivity contribution < 1.29 is 35.9 Å². The van der Waals surface area contributed by atoms with Gasteiger partial charge in [0.15, 0.2) is 5.78 Å². The lowest BCUT2D eigenvalue weighted by Crippen LogP contribution is -2.35. The topological polar surface area (TPSA) is 85.7 Å². The summed E-state index contributed by atoms with van der Waals surface area (Å²) < 4.78 is 69.2. The van der Waals surface area contributed by atoms with Gasteiger partial charge in [-0.1, -0.05) is 0 Å². The van der Waals surface area contributed by atoms with Crippen molar-refractivity contribution in [3.8, 4) is 0 Å². The van der Waals surface area contributed by atoms with Gasteiger partial charge in [-0.15, -0.1) is 0 Å². The zero-order chi connectivity index (χ0) is 22.9. The van der Waals surface area contributed by atoms with Crippen LogP contribution < -0.4 is 4.31 Å². The molecule has 0 unspecified atom stereocenters. The molecule has 0 spiro atoms. The monoisotopic (exact) mass is 446 g/mol. The fraction of sp³-hybridized carbons (Fsp3) is 0.368. The first-order valence-corrected chi connectivity index (χ1v) is 10.5. The van der Waals surface area contributed by atoms with Crippen molar-refractivity contribution in [3.63, 3.8) is 0 Å². The summed E-state index contributed by atoms with van der Waals surface area (Å²) in [5, 5.41) is 0. The molecule has 1 aromatic heterocycles. The van der Waals surface area contributed by atoms with Crippen molar-refractivity contribution in [1.29, 1.82) is 0 Å². The Kier molecular flexibility index (Phi) is 6.65. The predicted octanol–water partition coefficient (Wildman–Crippen LogP) is 3.10. The summed E-state index contributed by atoms with van der Waals surface area (Å²) in [6, 6.07) is 6.68. The van der Waals surface area contributed by atoms with Gasteiger partial charge in [0.1, 0.15) is 6.54 Å². The summed E-state index contributed by atoms with van der Waals surface area (Å²) in [5.41, 5.74) is 0.668. The third kappa shape index (κ3) is 5.41. The Balaban J connectivity index is 2.36. The van der Waals surface area contributed by atoms with E-state index >= 15 is 0 Å². The maximum Gasteiger partial charge on any atom is 0.406 e. The van der Waals surface area contributed by atoms with Crippen LogP contribution in [0.25, 0.3) is 0 Å². The Hall–Kier alpha value is -2.82. The number of nitrogens with zero attached hydrogens (tertiary/aromatic N) is 2. The predicted molar refractivity (Wildman–Crippen MR) is 104 cm³/mol. The van der Waals surface area contributed by atoms with E-state index in [1.54, 1.807) is 0 Å². The quantitative estimate of drug-likeness (QED) is 0.482. The average molecular weight is 446 g/mol. The first-order chi connectivity index (χ1) is 13.7. The molecule has 0 aliphatic heterocycles. The van der Waals surface area contributed by atoms with Crippen LogP contribution in [0.5, 0.6) is 0 Å². The molecule has 0 amide bonds. The highest BCUT2D eigenvalue weighted by molar-refractivity contribution is 7.92. The number of rotatable bonds is 7. The van der Waals surface area contributed by atoms with Gasteiger partial charge < -0.3 is 9.30 Å². The number of hydrogen-bond donors (Lipinski definition) is 0. The molecule has 0 atom stereocenters. The number of halogens is 3. The van der Waals surface area contributed by atoms with Gasteiger partial charge in [0, 0.05) is 17.0 Å². The second-order valence-electron chi connectivity index (χ2n) is 6.72. The SMILES string of the molecule is COC(=O)c1ccc(N(CC(=O)c2cc(C)n(CC(F)(F)F)c2C)S(C)(=O)=O)cc1. The molecule has 1 aromatic carbocycles. The number of carbonyl (C=O) groups is 2. The van der Waals surface area contributed by atoms with E-state index in [1.807, 2.05) is 0 Å². The van der Waals surface area contributed by atoms with Crippen LogP contribution in [0.2, 0.25) is 0 Å². The maximum absolute atomic E-state index is 12.8. The fourth-order valence-electron chi connectivity index (χ4n) is 3.00. The fourth-order valence-corrected chi connectivity index (χ4v) is 3.86. The highest BCUT2D eigenvalue weighted by atomic mass is 32.2. The number of esters is 1. The van der Waals surface area contributed by atoms with Crippen molar-refractivity contribution in [2.24, 2.45) is 0 Å². The lowest BCUT2D eigenvalue weighted by molar-refractivity contribution is -0.141. The van der Waals surface area contributed by atoms with E-state index in [0.717, 1.165) is 15.1 Å². The summed E-state index contributed by atoms with van der Waals surface area (Å²) in [6.07, 6.45) is -3.56. The first-order valence-electron chi connectivity index (χ1n) is 8.67. The standard InChI is InChI=1S/C19H21F3N2O5S/c1-12-9-16(13(2)23(12)11-19(20,21)22)17(25)10-24(30(4,27)28)15-7-5-14(6-8-15)18(26)29-3/h5-9H,10-11H2,1-4H3. The number of ether oxygens (including phenoxy) is 1. The average Bonchev–Trinajstić information content (AvgIpc) is 2.91. The van der Waals surface area contributed by atoms with Crippen molar-refractivity contribution in [3.05, 3.63) is 52.8 Å². The molecule has 0 aliphatic rings. The number of hydrogen-bond acceptors (Lipinski definition) is 5. The molecule has 0 fully saturated rings. The van der Waals surface area contributed by atoms with Crippen molar-refractivity contribution in [2.45, 2.75) is 26.6 Å². The van der Waals surface area contributed by atoms with E-state index < -0.39 is 41.0 Å². The number of carbonyl (C=O) groups excluding carboxylic acids is 2. The second-order valence-corrected chi connectivity index (χ2v) is 8.62. The number of Topliss-reactive ketones (excluding diaryl/α,β-unsaturated/α-hetero) is 1. The van der Waals surface area contributed by atoms with Gasteiger partial charge in [0.2, 0.25) is 10.0 Å². The second kappa shape index (κ2) is 8.50. The molecule has 0 N–H and O–H groups in total. The van der Waals surface area contributed by atoms with Crippen molar-refractivity contribution in [2.75, 3.05) is 24.2 Å². The minimum Gasteiger partial charge on any atom is -0.465 e. The molecule has 164 valence electrons. The molecule has 0 bridgehead atoms. The van der Waals surface area contributed by atoms with Crippen LogP contribution in [0.1, 0.15) is 32.1 Å². The third-order valence-corrected chi connectivity index (χ3v) is 5.62. The van der Waals surface area contributed by atoms with Crippen molar-refractivity contribution >= 4 is 27.5 Å². The van der Waals surface area contributed by atoms with E-state index in [-0.39, 0.29) is 28.2 Å². The van der Waals surface area contributed by atoms with Crippen LogP contribution in [0.3, 0.4) is 0 Å². The normalized spacial score (nSPS) is 12.0. The molecule has 7 nitrogen and oxygen atoms in total. The number of benzene rings is 1. The highest BCUT2D eigenvalue weighted by Crippen LogP contribution is 2.25. The molecule has 0 saturated carbocycles. The van der Waals surface area contributed by atoms with Gasteiger partial charge in [0.05, 0.1) is 31.2 Å². The zero-order valence-corrected chi connectivity index (χ0v) is 17.6. The number of aromatic nitrogens is 1. The largest absolute Gasteiger partial charge is 0.465 e. The van der Waals surface area contributed by atoms with Gasteiger partial charge in [-0.25, -0.2) is 13.2 Å². The Morgan fingerprint density at radius 1 is 1.13 bits per heavy atom.